The van der Waals surface area contributed by atoms with Crippen LogP contribution in [0.25, 0.3) is 0 Å². The lowest BCUT2D eigenvalue weighted by Gasteiger charge is -2.18. The first kappa shape index (κ1) is 19.2. The van der Waals surface area contributed by atoms with Crippen LogP contribution >= 0.6 is 11.6 Å². The third-order valence-electron chi connectivity index (χ3n) is 4.63. The Labute approximate surface area is 163 Å². The van der Waals surface area contributed by atoms with Crippen LogP contribution in [0, 0.1) is 0 Å². The van der Waals surface area contributed by atoms with Gasteiger partial charge in [0.15, 0.2) is 17.3 Å². The molecular formula is C21H22ClNO4. The molecule has 1 N–H and O–H groups in total. The van der Waals surface area contributed by atoms with E-state index in [4.69, 9.17) is 21.1 Å². The Kier molecular flexibility index (Phi) is 6.01. The van der Waals surface area contributed by atoms with Crippen molar-refractivity contribution >= 4 is 29.0 Å². The fourth-order valence-electron chi connectivity index (χ4n) is 3.13. The van der Waals surface area contributed by atoms with Gasteiger partial charge >= 0.3 is 0 Å². The largest absolute Gasteiger partial charge is 0.493 e. The summed E-state index contributed by atoms with van der Waals surface area (Å²) in [7, 11) is 1.52. The molecule has 0 unspecified atom stereocenters. The minimum atomic E-state index is -0.321. The van der Waals surface area contributed by atoms with Crippen molar-refractivity contribution in [3.05, 3.63) is 52.5 Å². The Bertz CT molecular complexity index is 842. The van der Waals surface area contributed by atoms with Gasteiger partial charge in [0.25, 0.3) is 5.91 Å². The molecule has 1 aliphatic rings. The summed E-state index contributed by atoms with van der Waals surface area (Å²) in [5.41, 5.74) is 1.55. The first-order valence-corrected chi connectivity index (χ1v) is 9.32. The van der Waals surface area contributed by atoms with Crippen LogP contribution in [0.15, 0.2) is 36.4 Å². The molecule has 1 fully saturated rings. The first-order valence-electron chi connectivity index (χ1n) is 8.94. The van der Waals surface area contributed by atoms with E-state index in [1.807, 2.05) is 0 Å². The van der Waals surface area contributed by atoms with E-state index < -0.39 is 0 Å². The second-order valence-electron chi connectivity index (χ2n) is 6.60. The summed E-state index contributed by atoms with van der Waals surface area (Å²) in [5, 5.41) is 3.14. The Morgan fingerprint density at radius 1 is 1.07 bits per heavy atom. The number of anilines is 1. The number of carbonyl (C=O) groups is 2. The highest BCUT2D eigenvalue weighted by molar-refractivity contribution is 6.32. The molecule has 1 saturated carbocycles. The van der Waals surface area contributed by atoms with Gasteiger partial charge in [0.2, 0.25) is 0 Å². The summed E-state index contributed by atoms with van der Waals surface area (Å²) < 4.78 is 11.4. The maximum Gasteiger partial charge on any atom is 0.255 e. The van der Waals surface area contributed by atoms with E-state index in [9.17, 15) is 9.59 Å². The van der Waals surface area contributed by atoms with E-state index in [0.717, 1.165) is 25.7 Å². The molecule has 0 spiro atoms. The van der Waals surface area contributed by atoms with Gasteiger partial charge in [-0.25, -0.2) is 0 Å². The summed E-state index contributed by atoms with van der Waals surface area (Å²) in [6.45, 7) is 1.50. The molecule has 0 heterocycles. The Morgan fingerprint density at radius 3 is 2.33 bits per heavy atom. The number of methoxy groups -OCH3 is 1. The zero-order valence-electron chi connectivity index (χ0n) is 15.4. The number of nitrogens with one attached hydrogen (secondary N) is 1. The molecule has 0 aliphatic heterocycles. The number of ketones is 1. The number of halogens is 1. The van der Waals surface area contributed by atoms with Crippen molar-refractivity contribution in [1.82, 2.24) is 0 Å². The van der Waals surface area contributed by atoms with Crippen LogP contribution in [0.1, 0.15) is 53.3 Å². The summed E-state index contributed by atoms with van der Waals surface area (Å²) in [5.74, 6) is 0.570. The molecule has 142 valence electrons. The number of carbonyl (C=O) groups excluding carboxylic acids is 2. The molecule has 0 radical (unpaired) electrons. The Balaban J connectivity index is 1.77. The minimum Gasteiger partial charge on any atom is -0.493 e. The highest BCUT2D eigenvalue weighted by atomic mass is 35.5. The van der Waals surface area contributed by atoms with Crippen LogP contribution in [0.3, 0.4) is 0 Å². The summed E-state index contributed by atoms with van der Waals surface area (Å²) in [6, 6.07) is 9.91. The van der Waals surface area contributed by atoms with E-state index in [2.05, 4.69) is 5.32 Å². The number of hydrogen-bond acceptors (Lipinski definition) is 4. The van der Waals surface area contributed by atoms with Crippen LogP contribution in [-0.4, -0.2) is 24.9 Å². The summed E-state index contributed by atoms with van der Waals surface area (Å²) in [6.07, 6.45) is 4.42. The summed E-state index contributed by atoms with van der Waals surface area (Å²) in [4.78, 5) is 23.9. The number of rotatable bonds is 6. The molecule has 1 amide bonds. The van der Waals surface area contributed by atoms with Crippen LogP contribution in [0.4, 0.5) is 5.69 Å². The number of Topliss-reactive ketones (excluding diaryl/α,β-unsaturated/α-hetero) is 1. The predicted molar refractivity (Wildman–Crippen MR) is 105 cm³/mol. The van der Waals surface area contributed by atoms with Gasteiger partial charge in [0, 0.05) is 16.8 Å². The van der Waals surface area contributed by atoms with Crippen LogP contribution in [-0.2, 0) is 0 Å². The molecule has 0 saturated heterocycles. The normalized spacial score (nSPS) is 14.0. The van der Waals surface area contributed by atoms with Gasteiger partial charge in [-0.1, -0.05) is 11.6 Å². The van der Waals surface area contributed by atoms with Crippen molar-refractivity contribution < 1.29 is 19.1 Å². The lowest BCUT2D eigenvalue weighted by atomic mass is 10.1. The summed E-state index contributed by atoms with van der Waals surface area (Å²) >= 11 is 6.37. The van der Waals surface area contributed by atoms with E-state index >= 15 is 0 Å². The van der Waals surface area contributed by atoms with E-state index in [0.29, 0.717) is 33.3 Å². The maximum atomic E-state index is 12.6. The third kappa shape index (κ3) is 4.61. The fourth-order valence-corrected chi connectivity index (χ4v) is 3.38. The quantitative estimate of drug-likeness (QED) is 0.698. The van der Waals surface area contributed by atoms with Gasteiger partial charge in [0.05, 0.1) is 18.2 Å². The van der Waals surface area contributed by atoms with Gasteiger partial charge in [0.1, 0.15) is 0 Å². The molecule has 1 aliphatic carbocycles. The number of amides is 1. The van der Waals surface area contributed by atoms with E-state index in [1.165, 1.54) is 14.0 Å². The van der Waals surface area contributed by atoms with Crippen molar-refractivity contribution in [2.45, 2.75) is 38.7 Å². The zero-order valence-corrected chi connectivity index (χ0v) is 16.1. The average molecular weight is 388 g/mol. The van der Waals surface area contributed by atoms with Crippen molar-refractivity contribution in [2.24, 2.45) is 0 Å². The van der Waals surface area contributed by atoms with Crippen molar-refractivity contribution in [3.63, 3.8) is 0 Å². The molecule has 5 nitrogen and oxygen atoms in total. The zero-order chi connectivity index (χ0) is 19.4. The molecular weight excluding hydrogens is 366 g/mol. The Hall–Kier alpha value is -2.53. The molecule has 2 aromatic rings. The first-order chi connectivity index (χ1) is 13.0. The minimum absolute atomic E-state index is 0.0257. The smallest absolute Gasteiger partial charge is 0.255 e. The number of ether oxygens (including phenoxy) is 2. The third-order valence-corrected chi connectivity index (χ3v) is 4.91. The lowest BCUT2D eigenvalue weighted by molar-refractivity contribution is 0.101. The second-order valence-corrected chi connectivity index (χ2v) is 7.01. The molecule has 0 aromatic heterocycles. The predicted octanol–water partition coefficient (Wildman–Crippen LogP) is 5.12. The van der Waals surface area contributed by atoms with Crippen molar-refractivity contribution in [3.8, 4) is 11.5 Å². The standard InChI is InChI=1S/C21H22ClNO4/c1-13(24)14-7-9-16(10-8-14)23-21(25)15-11-18(22)20(19(12-15)26-2)27-17-5-3-4-6-17/h7-12,17H,3-6H2,1-2H3,(H,23,25). The fraction of sp³-hybridized carbons (Fsp3) is 0.333. The van der Waals surface area contributed by atoms with E-state index in [-0.39, 0.29) is 17.8 Å². The molecule has 3 rings (SSSR count). The highest BCUT2D eigenvalue weighted by Crippen LogP contribution is 2.39. The number of benzene rings is 2. The highest BCUT2D eigenvalue weighted by Gasteiger charge is 2.22. The monoisotopic (exact) mass is 387 g/mol. The van der Waals surface area contributed by atoms with Gasteiger partial charge in [-0.2, -0.15) is 0 Å². The van der Waals surface area contributed by atoms with Gasteiger partial charge in [-0.05, 0) is 69.0 Å². The van der Waals surface area contributed by atoms with Crippen LogP contribution in [0.5, 0.6) is 11.5 Å². The van der Waals surface area contributed by atoms with Gasteiger partial charge in [-0.15, -0.1) is 0 Å². The van der Waals surface area contributed by atoms with Crippen molar-refractivity contribution in [1.29, 1.82) is 0 Å². The number of hydrogen-bond donors (Lipinski definition) is 1. The van der Waals surface area contributed by atoms with Gasteiger partial charge in [-0.3, -0.25) is 9.59 Å². The second kappa shape index (κ2) is 8.44. The van der Waals surface area contributed by atoms with Crippen LogP contribution < -0.4 is 14.8 Å². The van der Waals surface area contributed by atoms with E-state index in [1.54, 1.807) is 36.4 Å². The molecule has 0 bridgehead atoms. The SMILES string of the molecule is COc1cc(C(=O)Nc2ccc(C(C)=O)cc2)cc(Cl)c1OC1CCCC1. The molecule has 0 atom stereocenters. The molecule has 27 heavy (non-hydrogen) atoms. The molecule has 2 aromatic carbocycles. The lowest BCUT2D eigenvalue weighted by Crippen LogP contribution is -2.14. The Morgan fingerprint density at radius 2 is 1.74 bits per heavy atom. The van der Waals surface area contributed by atoms with Crippen LogP contribution in [0.2, 0.25) is 5.02 Å². The average Bonchev–Trinajstić information content (AvgIpc) is 3.16. The van der Waals surface area contributed by atoms with Gasteiger partial charge < -0.3 is 14.8 Å². The van der Waals surface area contributed by atoms with Crippen molar-refractivity contribution in [2.75, 3.05) is 12.4 Å². The molecule has 6 heteroatoms. The topological polar surface area (TPSA) is 64.6 Å². The maximum absolute atomic E-state index is 12.6.